The average Bonchev–Trinajstić information content (AvgIpc) is 3.55. The van der Waals surface area contributed by atoms with Crippen LogP contribution in [0.25, 0.3) is 0 Å². The highest BCUT2D eigenvalue weighted by atomic mass is 19.1. The molecule has 6 fully saturated rings. The minimum absolute atomic E-state index is 0.0356. The Morgan fingerprint density at radius 1 is 1.07 bits per heavy atom. The van der Waals surface area contributed by atoms with Gasteiger partial charge in [0.2, 0.25) is 0 Å². The molecule has 7 aliphatic rings. The lowest BCUT2D eigenvalue weighted by molar-refractivity contribution is -0.180. The molecular formula is C25H31FO3. The summed E-state index contributed by atoms with van der Waals surface area (Å²) >= 11 is 0. The van der Waals surface area contributed by atoms with Crippen molar-refractivity contribution in [3.63, 3.8) is 0 Å². The Hall–Kier alpha value is -1.19. The highest BCUT2D eigenvalue weighted by Crippen LogP contribution is 2.79. The topological polar surface area (TPSA) is 43.4 Å². The second-order valence-corrected chi connectivity index (χ2v) is 12.1. The van der Waals surface area contributed by atoms with Crippen molar-refractivity contribution in [2.45, 2.75) is 83.4 Å². The number of hydrogen-bond acceptors (Lipinski definition) is 3. The molecule has 0 amide bonds. The summed E-state index contributed by atoms with van der Waals surface area (Å²) in [6.45, 7) is 4.56. The van der Waals surface area contributed by atoms with Crippen molar-refractivity contribution < 1.29 is 18.7 Å². The zero-order chi connectivity index (χ0) is 20.0. The second kappa shape index (κ2) is 4.83. The van der Waals surface area contributed by atoms with Crippen molar-refractivity contribution in [3.05, 3.63) is 11.6 Å². The third-order valence-corrected chi connectivity index (χ3v) is 11.3. The summed E-state index contributed by atoms with van der Waals surface area (Å²) in [6, 6.07) is 0. The van der Waals surface area contributed by atoms with Gasteiger partial charge in [0.15, 0.2) is 5.78 Å². The van der Waals surface area contributed by atoms with Gasteiger partial charge in [-0.25, -0.2) is 4.39 Å². The molecule has 5 saturated carbocycles. The maximum Gasteiger partial charge on any atom is 0.306 e. The van der Waals surface area contributed by atoms with Gasteiger partial charge in [0.25, 0.3) is 0 Å². The first-order valence-corrected chi connectivity index (χ1v) is 11.9. The standard InChI is InChI=1S/C25H31FO3/c1-22-12-17(26)21-14(15(22)3-5-25(22)6-4-20(28)29-25)11-24(7-8-24)19-10-18(27)13-9-16(13)23(19,21)2/h10,13-17,21H,3-9,11-12H2,1-2H3/t13-,14?,15?,16+,17+,21?,22+,23+,25-/m1/s1. The maximum atomic E-state index is 16.3. The molecule has 6 aliphatic carbocycles. The van der Waals surface area contributed by atoms with Crippen molar-refractivity contribution in [2.24, 2.45) is 45.8 Å². The van der Waals surface area contributed by atoms with Crippen LogP contribution in [0.1, 0.15) is 71.6 Å². The molecule has 2 spiro atoms. The lowest BCUT2D eigenvalue weighted by atomic mass is 9.43. The number of ether oxygens (including phenoxy) is 1. The third kappa shape index (κ3) is 1.80. The van der Waals surface area contributed by atoms with E-state index in [1.807, 2.05) is 6.08 Å². The van der Waals surface area contributed by atoms with E-state index < -0.39 is 11.8 Å². The van der Waals surface area contributed by atoms with Crippen LogP contribution in [0.15, 0.2) is 11.6 Å². The fourth-order valence-corrected chi connectivity index (χ4v) is 9.81. The highest BCUT2D eigenvalue weighted by Gasteiger charge is 2.76. The van der Waals surface area contributed by atoms with E-state index in [1.54, 1.807) is 0 Å². The van der Waals surface area contributed by atoms with Crippen LogP contribution in [0.5, 0.6) is 0 Å². The van der Waals surface area contributed by atoms with E-state index in [-0.39, 0.29) is 34.1 Å². The number of fused-ring (bicyclic) bond motifs is 9. The van der Waals surface area contributed by atoms with E-state index in [1.165, 1.54) is 18.4 Å². The van der Waals surface area contributed by atoms with Crippen LogP contribution in [0.2, 0.25) is 0 Å². The van der Waals surface area contributed by atoms with Gasteiger partial charge in [0, 0.05) is 23.7 Å². The van der Waals surface area contributed by atoms with Gasteiger partial charge in [-0.15, -0.1) is 0 Å². The van der Waals surface area contributed by atoms with Crippen LogP contribution in [0.4, 0.5) is 4.39 Å². The van der Waals surface area contributed by atoms with E-state index in [2.05, 4.69) is 13.8 Å². The molecule has 156 valence electrons. The van der Waals surface area contributed by atoms with Gasteiger partial charge in [-0.05, 0) is 86.0 Å². The molecule has 9 atom stereocenters. The molecule has 3 unspecified atom stereocenters. The van der Waals surface area contributed by atoms with E-state index in [9.17, 15) is 9.59 Å². The fourth-order valence-electron chi connectivity index (χ4n) is 9.81. The summed E-state index contributed by atoms with van der Waals surface area (Å²) in [5.74, 6) is 1.59. The van der Waals surface area contributed by atoms with Crippen molar-refractivity contribution >= 4 is 11.8 Å². The van der Waals surface area contributed by atoms with E-state index in [0.29, 0.717) is 36.4 Å². The number of carbonyl (C=O) groups excluding carboxylic acids is 2. The van der Waals surface area contributed by atoms with Gasteiger partial charge in [0.1, 0.15) is 11.8 Å². The number of alkyl halides is 1. The minimum Gasteiger partial charge on any atom is -0.458 e. The lowest BCUT2D eigenvalue weighted by Gasteiger charge is -2.62. The van der Waals surface area contributed by atoms with Gasteiger partial charge in [-0.2, -0.15) is 0 Å². The number of esters is 1. The van der Waals surface area contributed by atoms with Crippen molar-refractivity contribution in [1.29, 1.82) is 0 Å². The first kappa shape index (κ1) is 17.5. The summed E-state index contributed by atoms with van der Waals surface area (Å²) < 4.78 is 22.3. The first-order chi connectivity index (χ1) is 13.7. The number of rotatable bonds is 0. The van der Waals surface area contributed by atoms with Crippen molar-refractivity contribution in [2.75, 3.05) is 0 Å². The number of halogens is 1. The first-order valence-electron chi connectivity index (χ1n) is 11.9. The van der Waals surface area contributed by atoms with E-state index in [4.69, 9.17) is 4.74 Å². The smallest absolute Gasteiger partial charge is 0.306 e. The molecule has 1 aliphatic heterocycles. The largest absolute Gasteiger partial charge is 0.458 e. The van der Waals surface area contributed by atoms with Crippen molar-refractivity contribution in [1.82, 2.24) is 0 Å². The molecule has 0 aromatic carbocycles. The minimum atomic E-state index is -0.866. The number of ketones is 1. The van der Waals surface area contributed by atoms with Gasteiger partial charge in [-0.1, -0.05) is 19.4 Å². The zero-order valence-corrected chi connectivity index (χ0v) is 17.5. The molecule has 0 aromatic heterocycles. The summed E-state index contributed by atoms with van der Waals surface area (Å²) in [7, 11) is 0. The van der Waals surface area contributed by atoms with Gasteiger partial charge in [0.05, 0.1) is 0 Å². The molecule has 0 bridgehead atoms. The summed E-state index contributed by atoms with van der Waals surface area (Å²) in [5, 5.41) is 0. The average molecular weight is 399 g/mol. The zero-order valence-electron chi connectivity index (χ0n) is 17.5. The van der Waals surface area contributed by atoms with Crippen LogP contribution in [0.3, 0.4) is 0 Å². The summed E-state index contributed by atoms with van der Waals surface area (Å²) in [5.41, 5.74) is 0.699. The Bertz CT molecular complexity index is 888. The normalized spacial score (nSPS) is 58.2. The molecule has 1 saturated heterocycles. The molecule has 0 N–H and O–H groups in total. The Kier molecular flexibility index (Phi) is 2.91. The molecule has 0 radical (unpaired) electrons. The van der Waals surface area contributed by atoms with Crippen LogP contribution in [-0.2, 0) is 14.3 Å². The Morgan fingerprint density at radius 3 is 2.55 bits per heavy atom. The quantitative estimate of drug-likeness (QED) is 0.551. The predicted octanol–water partition coefficient (Wildman–Crippen LogP) is 4.79. The maximum absolute atomic E-state index is 16.3. The monoisotopic (exact) mass is 398 g/mol. The van der Waals surface area contributed by atoms with E-state index >= 15 is 4.39 Å². The Morgan fingerprint density at radius 2 is 1.86 bits per heavy atom. The van der Waals surface area contributed by atoms with Gasteiger partial charge < -0.3 is 4.74 Å². The number of allylic oxidation sites excluding steroid dienone is 1. The van der Waals surface area contributed by atoms with Gasteiger partial charge in [-0.3, -0.25) is 9.59 Å². The number of carbonyl (C=O) groups is 2. The van der Waals surface area contributed by atoms with Crippen LogP contribution >= 0.6 is 0 Å². The SMILES string of the molecule is C[C@@]12C(=CC(=O)[C@@H]3C[C@@H]31)C1(CC1)CC1C2[C@@H](F)C[C@@]2(C)C1CC[C@@]21CCC(=O)O1. The molecule has 1 heterocycles. The Balaban J connectivity index is 1.35. The van der Waals surface area contributed by atoms with Crippen LogP contribution in [0, 0.1) is 45.8 Å². The molecule has 29 heavy (non-hydrogen) atoms. The number of hydrogen-bond donors (Lipinski definition) is 0. The van der Waals surface area contributed by atoms with Crippen LogP contribution in [-0.4, -0.2) is 23.5 Å². The lowest BCUT2D eigenvalue weighted by Crippen LogP contribution is -2.61. The molecule has 4 heteroatoms. The molecular weight excluding hydrogens is 367 g/mol. The van der Waals surface area contributed by atoms with Crippen LogP contribution < -0.4 is 0 Å². The second-order valence-electron chi connectivity index (χ2n) is 12.1. The van der Waals surface area contributed by atoms with Crippen molar-refractivity contribution in [3.8, 4) is 0 Å². The highest BCUT2D eigenvalue weighted by molar-refractivity contribution is 5.96. The molecule has 7 rings (SSSR count). The fraction of sp³-hybridized carbons (Fsp3) is 0.840. The summed E-state index contributed by atoms with van der Waals surface area (Å²) in [4.78, 5) is 24.7. The van der Waals surface area contributed by atoms with E-state index in [0.717, 1.165) is 32.1 Å². The predicted molar refractivity (Wildman–Crippen MR) is 104 cm³/mol. The molecule has 3 nitrogen and oxygen atoms in total. The van der Waals surface area contributed by atoms with Gasteiger partial charge >= 0.3 is 5.97 Å². The summed E-state index contributed by atoms with van der Waals surface area (Å²) in [6.07, 6.45) is 9.23. The third-order valence-electron chi connectivity index (χ3n) is 11.3. The Labute approximate surface area is 171 Å². The molecule has 0 aromatic rings.